The highest BCUT2D eigenvalue weighted by Gasteiger charge is 2.11. The van der Waals surface area contributed by atoms with Crippen LogP contribution >= 0.6 is 0 Å². The molecule has 1 heterocycles. The van der Waals surface area contributed by atoms with Crippen molar-refractivity contribution in [1.29, 1.82) is 0 Å². The van der Waals surface area contributed by atoms with Crippen LogP contribution in [0.3, 0.4) is 0 Å². The molecule has 0 atom stereocenters. The molecule has 0 saturated carbocycles. The minimum Gasteiger partial charge on any atom is -0.488 e. The number of carbonyl (C=O) groups is 2. The Balaban J connectivity index is 1.08. The van der Waals surface area contributed by atoms with E-state index in [1.165, 1.54) is 0 Å². The lowest BCUT2D eigenvalue weighted by molar-refractivity contribution is -0.728. The normalized spacial score (nSPS) is 10.7. The van der Waals surface area contributed by atoms with Gasteiger partial charge in [0.25, 0.3) is 6.73 Å². The van der Waals surface area contributed by atoms with E-state index in [1.54, 1.807) is 30.1 Å². The van der Waals surface area contributed by atoms with E-state index >= 15 is 0 Å². The summed E-state index contributed by atoms with van der Waals surface area (Å²) in [5.41, 5.74) is 4.56. The van der Waals surface area contributed by atoms with Gasteiger partial charge in [0.1, 0.15) is 19.0 Å². The summed E-state index contributed by atoms with van der Waals surface area (Å²) in [5, 5.41) is 5.67. The van der Waals surface area contributed by atoms with Crippen molar-refractivity contribution in [2.75, 3.05) is 65.3 Å². The number of benzene rings is 3. The number of carbonyl (C=O) groups excluding carboxylic acids is 2. The third kappa shape index (κ3) is 14.3. The number of urea groups is 1. The van der Waals surface area contributed by atoms with E-state index in [-0.39, 0.29) is 32.5 Å². The quantitative estimate of drug-likeness (QED) is 0.0684. The molecule has 0 aliphatic carbocycles. The molecular formula is C37H44N3O9+. The largest absolute Gasteiger partial charge is 0.513 e. The first-order valence-corrected chi connectivity index (χ1v) is 16.0. The van der Waals surface area contributed by atoms with E-state index in [1.807, 2.05) is 72.8 Å². The first-order chi connectivity index (χ1) is 24.1. The van der Waals surface area contributed by atoms with Crippen LogP contribution < -0.4 is 19.9 Å². The van der Waals surface area contributed by atoms with Gasteiger partial charge in [0.2, 0.25) is 0 Å². The number of methoxy groups -OCH3 is 1. The van der Waals surface area contributed by atoms with Crippen LogP contribution in [0.1, 0.15) is 11.1 Å². The van der Waals surface area contributed by atoms with Crippen LogP contribution in [0.2, 0.25) is 0 Å². The van der Waals surface area contributed by atoms with E-state index in [4.69, 9.17) is 33.2 Å². The monoisotopic (exact) mass is 674 g/mol. The van der Waals surface area contributed by atoms with E-state index < -0.39 is 6.16 Å². The number of amides is 2. The van der Waals surface area contributed by atoms with Gasteiger partial charge in [0.05, 0.1) is 52.8 Å². The Morgan fingerprint density at radius 1 is 0.673 bits per heavy atom. The molecule has 0 bridgehead atoms. The highest BCUT2D eigenvalue weighted by molar-refractivity contribution is 5.89. The van der Waals surface area contributed by atoms with Gasteiger partial charge in [-0.3, -0.25) is 0 Å². The van der Waals surface area contributed by atoms with Crippen LogP contribution in [-0.2, 0) is 48.3 Å². The Morgan fingerprint density at radius 3 is 2.08 bits per heavy atom. The van der Waals surface area contributed by atoms with Gasteiger partial charge in [-0.1, -0.05) is 60.7 Å². The molecule has 0 aliphatic heterocycles. The molecule has 0 unspecified atom stereocenters. The minimum absolute atomic E-state index is 0.0477. The zero-order chi connectivity index (χ0) is 34.4. The average Bonchev–Trinajstić information content (AvgIpc) is 3.14. The Labute approximate surface area is 286 Å². The lowest BCUT2D eigenvalue weighted by Gasteiger charge is -2.12. The van der Waals surface area contributed by atoms with Gasteiger partial charge >= 0.3 is 12.2 Å². The summed E-state index contributed by atoms with van der Waals surface area (Å²) < 4.78 is 38.9. The molecule has 260 valence electrons. The molecule has 4 aromatic rings. The summed E-state index contributed by atoms with van der Waals surface area (Å²) in [7, 11) is 1.62. The van der Waals surface area contributed by atoms with Crippen molar-refractivity contribution in [2.24, 2.45) is 0 Å². The number of aromatic nitrogens is 1. The third-order valence-electron chi connectivity index (χ3n) is 6.91. The fraction of sp³-hybridized carbons (Fsp3) is 0.324. The number of nitrogens with zero attached hydrogens (tertiary/aromatic N) is 1. The fourth-order valence-electron chi connectivity index (χ4n) is 4.45. The Bertz CT molecular complexity index is 1540. The zero-order valence-corrected chi connectivity index (χ0v) is 27.7. The van der Waals surface area contributed by atoms with Crippen molar-refractivity contribution < 1.29 is 47.3 Å². The predicted molar refractivity (Wildman–Crippen MR) is 182 cm³/mol. The Morgan fingerprint density at radius 2 is 1.35 bits per heavy atom. The molecule has 0 spiro atoms. The van der Waals surface area contributed by atoms with E-state index in [0.29, 0.717) is 51.9 Å². The second kappa shape index (κ2) is 21.8. The molecule has 12 heteroatoms. The van der Waals surface area contributed by atoms with Crippen LogP contribution in [0.15, 0.2) is 103 Å². The van der Waals surface area contributed by atoms with Gasteiger partial charge < -0.3 is 43.8 Å². The van der Waals surface area contributed by atoms with Crippen molar-refractivity contribution in [2.45, 2.75) is 19.9 Å². The highest BCUT2D eigenvalue weighted by atomic mass is 16.7. The van der Waals surface area contributed by atoms with Crippen LogP contribution in [0.5, 0.6) is 5.75 Å². The topological polar surface area (TPSA) is 127 Å². The molecule has 0 fully saturated rings. The van der Waals surface area contributed by atoms with Crippen molar-refractivity contribution in [3.05, 3.63) is 115 Å². The van der Waals surface area contributed by atoms with Crippen molar-refractivity contribution in [3.63, 3.8) is 0 Å². The highest BCUT2D eigenvalue weighted by Crippen LogP contribution is 2.30. The van der Waals surface area contributed by atoms with Crippen LogP contribution in [-0.4, -0.2) is 72.2 Å². The van der Waals surface area contributed by atoms with E-state index in [2.05, 4.69) is 22.8 Å². The molecule has 0 aliphatic rings. The summed E-state index contributed by atoms with van der Waals surface area (Å²) in [5.74, 6) is 0.805. The van der Waals surface area contributed by atoms with Gasteiger partial charge in [-0.25, -0.2) is 9.59 Å². The number of ether oxygens (including phenoxy) is 7. The molecular weight excluding hydrogens is 630 g/mol. The lowest BCUT2D eigenvalue weighted by atomic mass is 10.0. The van der Waals surface area contributed by atoms with Gasteiger partial charge in [-0.05, 0) is 35.4 Å². The van der Waals surface area contributed by atoms with Crippen molar-refractivity contribution in [3.8, 4) is 16.9 Å². The number of para-hydroxylation sites is 1. The number of anilines is 1. The van der Waals surface area contributed by atoms with Crippen molar-refractivity contribution >= 4 is 17.9 Å². The molecule has 49 heavy (non-hydrogen) atoms. The first kappa shape index (κ1) is 36.8. The maximum atomic E-state index is 12.5. The van der Waals surface area contributed by atoms with Gasteiger partial charge in [0.15, 0.2) is 12.4 Å². The van der Waals surface area contributed by atoms with Gasteiger partial charge in [-0.15, -0.1) is 0 Å². The van der Waals surface area contributed by atoms with E-state index in [0.717, 1.165) is 28.0 Å². The van der Waals surface area contributed by atoms with Crippen molar-refractivity contribution in [1.82, 2.24) is 5.32 Å². The summed E-state index contributed by atoms with van der Waals surface area (Å²) in [6, 6.07) is 28.9. The standard InChI is InChI=1S/C37H43N3O9/c1-43-18-19-44-20-21-45-22-23-46-24-25-47-37(42)49-29-40-17-7-8-31(27-40)26-38-36(41)39-33-15-13-30(14-16-33)28-48-35-12-6-5-11-34(35)32-9-3-2-4-10-32/h2-17,27H,18-26,28-29H2,1H3,(H-,38,39,41)/p+1. The molecule has 1 aromatic heterocycles. The van der Waals surface area contributed by atoms with E-state index in [9.17, 15) is 9.59 Å². The predicted octanol–water partition coefficient (Wildman–Crippen LogP) is 5.35. The molecule has 3 aromatic carbocycles. The SMILES string of the molecule is COCCOCCOCCOCCOC(=O)OC[n+]1cccc(CNC(=O)Nc2ccc(COc3ccccc3-c3ccccc3)cc2)c1. The third-order valence-corrected chi connectivity index (χ3v) is 6.91. The fourth-order valence-corrected chi connectivity index (χ4v) is 4.45. The molecule has 12 nitrogen and oxygen atoms in total. The molecule has 0 radical (unpaired) electrons. The first-order valence-electron chi connectivity index (χ1n) is 16.0. The number of rotatable bonds is 21. The smallest absolute Gasteiger partial charge is 0.488 e. The number of pyridine rings is 1. The van der Waals surface area contributed by atoms with Crippen LogP contribution in [0.4, 0.5) is 15.3 Å². The summed E-state index contributed by atoms with van der Waals surface area (Å²) in [4.78, 5) is 24.5. The number of hydrogen-bond acceptors (Lipinski definition) is 9. The van der Waals surface area contributed by atoms with Crippen LogP contribution in [0, 0.1) is 0 Å². The summed E-state index contributed by atoms with van der Waals surface area (Å²) in [6.45, 7) is 3.73. The van der Waals surface area contributed by atoms with Gasteiger partial charge in [-0.2, -0.15) is 4.57 Å². The zero-order valence-electron chi connectivity index (χ0n) is 27.7. The second-order valence-corrected chi connectivity index (χ2v) is 10.6. The molecule has 2 N–H and O–H groups in total. The Hall–Kier alpha value is -5.01. The summed E-state index contributed by atoms with van der Waals surface area (Å²) in [6.07, 6.45) is 2.70. The number of hydrogen-bond donors (Lipinski definition) is 2. The maximum absolute atomic E-state index is 12.5. The molecule has 4 rings (SSSR count). The maximum Gasteiger partial charge on any atom is 0.513 e. The minimum atomic E-state index is -0.807. The van der Waals surface area contributed by atoms with Crippen LogP contribution in [0.25, 0.3) is 11.1 Å². The Kier molecular flexibility index (Phi) is 16.4. The average molecular weight is 675 g/mol. The summed E-state index contributed by atoms with van der Waals surface area (Å²) >= 11 is 0. The lowest BCUT2D eigenvalue weighted by Crippen LogP contribution is -2.37. The number of nitrogens with one attached hydrogen (secondary N) is 2. The second-order valence-electron chi connectivity index (χ2n) is 10.6. The van der Waals surface area contributed by atoms with Gasteiger partial charge in [0, 0.05) is 30.0 Å². The molecule has 2 amide bonds. The molecule has 0 saturated heterocycles.